The van der Waals surface area contributed by atoms with Crippen LogP contribution in [0.2, 0.25) is 0 Å². The minimum atomic E-state index is -1.02. The summed E-state index contributed by atoms with van der Waals surface area (Å²) < 4.78 is 24.2. The van der Waals surface area contributed by atoms with E-state index in [-0.39, 0.29) is 23.3 Å². The molecule has 0 aliphatic carbocycles. The fourth-order valence-corrected chi connectivity index (χ4v) is 5.66. The minimum absolute atomic E-state index is 0.155. The van der Waals surface area contributed by atoms with Gasteiger partial charge in [0.1, 0.15) is 29.1 Å². The first-order valence-electron chi connectivity index (χ1n) is 12.6. The number of nitrogens with zero attached hydrogens (tertiary/aromatic N) is 2. The number of ether oxygens (including phenoxy) is 3. The van der Waals surface area contributed by atoms with E-state index in [2.05, 4.69) is 4.99 Å². The number of carbonyl (C=O) groups excluding carboxylic acids is 1. The Labute approximate surface area is 238 Å². The largest absolute Gasteiger partial charge is 0.497 e. The van der Waals surface area contributed by atoms with Crippen molar-refractivity contribution in [3.63, 3.8) is 0 Å². The van der Waals surface area contributed by atoms with E-state index < -0.39 is 18.0 Å². The Morgan fingerprint density at radius 3 is 2.51 bits per heavy atom. The van der Waals surface area contributed by atoms with Gasteiger partial charge in [0.15, 0.2) is 4.80 Å². The summed E-state index contributed by atoms with van der Waals surface area (Å²) in [5, 5.41) is 9.14. The number of hydrogen-bond donors (Lipinski definition) is 1. The molecule has 4 aromatic rings. The van der Waals surface area contributed by atoms with E-state index in [1.807, 2.05) is 0 Å². The maximum absolute atomic E-state index is 13.9. The lowest BCUT2D eigenvalue weighted by atomic mass is 9.95. The van der Waals surface area contributed by atoms with Crippen LogP contribution in [-0.2, 0) is 9.53 Å². The molecular weight excluding hydrogens is 548 g/mol. The van der Waals surface area contributed by atoms with Gasteiger partial charge in [-0.15, -0.1) is 0 Å². The van der Waals surface area contributed by atoms with Crippen LogP contribution in [0.3, 0.4) is 0 Å². The Morgan fingerprint density at radius 2 is 1.85 bits per heavy atom. The zero-order valence-corrected chi connectivity index (χ0v) is 23.5. The second-order valence-electron chi connectivity index (χ2n) is 8.99. The molecule has 11 heteroatoms. The third-order valence-electron chi connectivity index (χ3n) is 6.56. The Balaban J connectivity index is 1.64. The number of esters is 1. The summed E-state index contributed by atoms with van der Waals surface area (Å²) in [4.78, 5) is 43.2. The molecular formula is C30H26N2O8S. The maximum atomic E-state index is 13.9. The monoisotopic (exact) mass is 574 g/mol. The van der Waals surface area contributed by atoms with E-state index in [1.54, 1.807) is 62.4 Å². The fraction of sp³-hybridized carbons (Fsp3) is 0.200. The number of methoxy groups -OCH3 is 2. The van der Waals surface area contributed by atoms with Crippen LogP contribution in [0.25, 0.3) is 17.4 Å². The van der Waals surface area contributed by atoms with E-state index in [0.717, 1.165) is 11.3 Å². The Hall–Kier alpha value is -4.90. The quantitative estimate of drug-likeness (QED) is 0.315. The minimum Gasteiger partial charge on any atom is -0.497 e. The van der Waals surface area contributed by atoms with Gasteiger partial charge < -0.3 is 23.7 Å². The van der Waals surface area contributed by atoms with Crippen molar-refractivity contribution in [3.8, 4) is 22.8 Å². The SMILES string of the molecule is CCOC(=O)C1=C(C)N=c2s/c(=C\c3ccc(-c4ccc(C(=O)O)cc4)o3)c(=O)n2[C@@H]1c1cc(OC)ccc1OC. The van der Waals surface area contributed by atoms with Crippen LogP contribution in [0.5, 0.6) is 11.5 Å². The lowest BCUT2D eigenvalue weighted by Crippen LogP contribution is -2.40. The summed E-state index contributed by atoms with van der Waals surface area (Å²) >= 11 is 1.16. The molecule has 1 atom stereocenters. The third-order valence-corrected chi connectivity index (χ3v) is 7.55. The summed E-state index contributed by atoms with van der Waals surface area (Å²) in [7, 11) is 3.04. The number of carboxylic acid groups (broad SMARTS) is 1. The van der Waals surface area contributed by atoms with Crippen molar-refractivity contribution in [3.05, 3.63) is 102 Å². The molecule has 0 bridgehead atoms. The first-order valence-corrected chi connectivity index (χ1v) is 13.4. The Bertz CT molecular complexity index is 1860. The Morgan fingerprint density at radius 1 is 1.10 bits per heavy atom. The molecule has 1 aliphatic heterocycles. The maximum Gasteiger partial charge on any atom is 0.338 e. The summed E-state index contributed by atoms with van der Waals surface area (Å²) in [5.74, 6) is 0.331. The van der Waals surface area contributed by atoms with Gasteiger partial charge in [-0.25, -0.2) is 14.6 Å². The molecule has 210 valence electrons. The van der Waals surface area contributed by atoms with Crippen LogP contribution < -0.4 is 24.4 Å². The van der Waals surface area contributed by atoms with Gasteiger partial charge >= 0.3 is 11.9 Å². The number of furan rings is 1. The summed E-state index contributed by atoms with van der Waals surface area (Å²) in [6.45, 7) is 3.57. The Kier molecular flexibility index (Phi) is 7.62. The average Bonchev–Trinajstić information content (AvgIpc) is 3.56. The topological polar surface area (TPSA) is 130 Å². The van der Waals surface area contributed by atoms with Crippen molar-refractivity contribution in [2.24, 2.45) is 4.99 Å². The second-order valence-corrected chi connectivity index (χ2v) is 10.0. The van der Waals surface area contributed by atoms with Gasteiger partial charge in [0, 0.05) is 17.2 Å². The van der Waals surface area contributed by atoms with Crippen LogP contribution in [0.15, 0.2) is 80.1 Å². The molecule has 0 radical (unpaired) electrons. The molecule has 0 saturated carbocycles. The first kappa shape index (κ1) is 27.7. The highest BCUT2D eigenvalue weighted by Crippen LogP contribution is 2.37. The van der Waals surface area contributed by atoms with Crippen LogP contribution in [0, 0.1) is 0 Å². The van der Waals surface area contributed by atoms with Crippen molar-refractivity contribution in [2.45, 2.75) is 19.9 Å². The summed E-state index contributed by atoms with van der Waals surface area (Å²) in [6, 6.07) is 14.1. The van der Waals surface area contributed by atoms with E-state index >= 15 is 0 Å². The van der Waals surface area contributed by atoms with Gasteiger partial charge in [0.25, 0.3) is 5.56 Å². The molecule has 0 fully saturated rings. The molecule has 0 amide bonds. The van der Waals surface area contributed by atoms with Gasteiger partial charge in [0.2, 0.25) is 0 Å². The number of rotatable bonds is 8. The molecule has 2 aromatic heterocycles. The van der Waals surface area contributed by atoms with Gasteiger partial charge in [-0.05, 0) is 56.3 Å². The molecule has 0 spiro atoms. The number of aromatic carboxylic acids is 1. The lowest BCUT2D eigenvalue weighted by Gasteiger charge is -2.26. The number of carboxylic acids is 1. The van der Waals surface area contributed by atoms with Gasteiger partial charge in [-0.2, -0.15) is 0 Å². The van der Waals surface area contributed by atoms with E-state index in [4.69, 9.17) is 23.7 Å². The highest BCUT2D eigenvalue weighted by molar-refractivity contribution is 7.07. The number of fused-ring (bicyclic) bond motifs is 1. The molecule has 41 heavy (non-hydrogen) atoms. The fourth-order valence-electron chi connectivity index (χ4n) is 4.63. The second kappa shape index (κ2) is 11.3. The molecule has 3 heterocycles. The molecule has 1 aliphatic rings. The molecule has 5 rings (SSSR count). The average molecular weight is 575 g/mol. The van der Waals surface area contributed by atoms with Crippen LogP contribution in [0.4, 0.5) is 0 Å². The smallest absolute Gasteiger partial charge is 0.338 e. The van der Waals surface area contributed by atoms with Crippen molar-refractivity contribution in [1.29, 1.82) is 0 Å². The normalized spacial score (nSPS) is 14.8. The number of hydrogen-bond acceptors (Lipinski definition) is 9. The number of allylic oxidation sites excluding steroid dienone is 1. The molecule has 10 nitrogen and oxygen atoms in total. The van der Waals surface area contributed by atoms with Crippen molar-refractivity contribution in [1.82, 2.24) is 4.57 Å². The van der Waals surface area contributed by atoms with Crippen molar-refractivity contribution >= 4 is 29.4 Å². The molecule has 0 saturated heterocycles. The summed E-state index contributed by atoms with van der Waals surface area (Å²) in [6.07, 6.45) is 1.61. The van der Waals surface area contributed by atoms with Crippen molar-refractivity contribution < 1.29 is 33.3 Å². The van der Waals surface area contributed by atoms with Crippen LogP contribution in [-0.4, -0.2) is 42.4 Å². The molecule has 1 N–H and O–H groups in total. The highest BCUT2D eigenvalue weighted by Gasteiger charge is 2.35. The third kappa shape index (κ3) is 5.19. The highest BCUT2D eigenvalue weighted by atomic mass is 32.1. The number of carbonyl (C=O) groups is 2. The number of aromatic nitrogens is 1. The predicted octanol–water partition coefficient (Wildman–Crippen LogP) is 3.77. The predicted molar refractivity (Wildman–Crippen MR) is 151 cm³/mol. The van der Waals surface area contributed by atoms with Crippen LogP contribution in [0.1, 0.15) is 41.6 Å². The van der Waals surface area contributed by atoms with Crippen molar-refractivity contribution in [2.75, 3.05) is 20.8 Å². The number of thiazole rings is 1. The summed E-state index contributed by atoms with van der Waals surface area (Å²) in [5.41, 5.74) is 1.68. The zero-order valence-electron chi connectivity index (χ0n) is 22.7. The van der Waals surface area contributed by atoms with Gasteiger partial charge in [-0.1, -0.05) is 23.5 Å². The van der Waals surface area contributed by atoms with Gasteiger partial charge in [0.05, 0.1) is 42.2 Å². The van der Waals surface area contributed by atoms with Gasteiger partial charge in [-0.3, -0.25) is 9.36 Å². The van der Waals surface area contributed by atoms with E-state index in [1.165, 1.54) is 30.9 Å². The van der Waals surface area contributed by atoms with E-state index in [9.17, 15) is 14.4 Å². The molecule has 0 unspecified atom stereocenters. The van der Waals surface area contributed by atoms with E-state index in [0.29, 0.717) is 49.2 Å². The van der Waals surface area contributed by atoms with Crippen LogP contribution >= 0.6 is 11.3 Å². The molecule has 2 aromatic carbocycles. The standard InChI is InChI=1S/C30H26N2O8S/c1-5-39-29(36)25-16(2)31-30-32(26(25)21-14-19(37-3)10-13-23(21)38-4)27(33)24(41-30)15-20-11-12-22(40-20)17-6-8-18(9-7-17)28(34)35/h6-15,26H,5H2,1-4H3,(H,34,35)/b24-15-/t26-/m1/s1. The number of benzene rings is 2. The lowest BCUT2D eigenvalue weighted by molar-refractivity contribution is -0.139. The zero-order chi connectivity index (χ0) is 29.3. The first-order chi connectivity index (χ1) is 19.7.